The molecule has 1 aliphatic rings. The Morgan fingerprint density at radius 2 is 2.00 bits per heavy atom. The Bertz CT molecular complexity index is 1050. The van der Waals surface area contributed by atoms with E-state index in [0.29, 0.717) is 19.5 Å². The van der Waals surface area contributed by atoms with Crippen LogP contribution in [0.15, 0.2) is 54.9 Å². The third-order valence-electron chi connectivity index (χ3n) is 5.37. The molecule has 1 atom stereocenters. The van der Waals surface area contributed by atoms with Crippen LogP contribution in [-0.4, -0.2) is 34.3 Å². The second-order valence-corrected chi connectivity index (χ2v) is 7.53. The van der Waals surface area contributed by atoms with Gasteiger partial charge < -0.3 is 14.7 Å². The molecule has 1 aliphatic heterocycles. The van der Waals surface area contributed by atoms with Crippen LogP contribution in [0.5, 0.6) is 5.88 Å². The molecule has 3 aromatic rings. The van der Waals surface area contributed by atoms with E-state index in [-0.39, 0.29) is 18.6 Å². The average molecular weight is 429 g/mol. The lowest BCUT2D eigenvalue weighted by Gasteiger charge is -2.22. The number of aromatic nitrogens is 2. The van der Waals surface area contributed by atoms with Gasteiger partial charge in [0.25, 0.3) is 0 Å². The van der Waals surface area contributed by atoms with Gasteiger partial charge in [-0.3, -0.25) is 4.98 Å². The van der Waals surface area contributed by atoms with Gasteiger partial charge in [-0.05, 0) is 36.8 Å². The molecule has 2 aromatic heterocycles. The lowest BCUT2D eigenvalue weighted by molar-refractivity contribution is -0.137. The number of nitrogens with zero attached hydrogens (tertiary/aromatic N) is 3. The van der Waals surface area contributed by atoms with Crippen molar-refractivity contribution in [3.8, 4) is 17.1 Å². The van der Waals surface area contributed by atoms with Crippen LogP contribution in [0.3, 0.4) is 0 Å². The first kappa shape index (κ1) is 21.1. The molecule has 3 heterocycles. The first-order chi connectivity index (χ1) is 14.8. The zero-order chi connectivity index (χ0) is 22.0. The van der Waals surface area contributed by atoms with E-state index in [0.717, 1.165) is 40.3 Å². The van der Waals surface area contributed by atoms with Crippen molar-refractivity contribution in [2.45, 2.75) is 32.2 Å². The molecule has 1 N–H and O–H groups in total. The van der Waals surface area contributed by atoms with Crippen molar-refractivity contribution in [2.24, 2.45) is 0 Å². The maximum atomic E-state index is 12.7. The largest absolute Gasteiger partial charge is 0.472 e. The summed E-state index contributed by atoms with van der Waals surface area (Å²) in [6, 6.07) is 12.0. The van der Waals surface area contributed by atoms with Crippen LogP contribution in [0, 0.1) is 6.92 Å². The van der Waals surface area contributed by atoms with Crippen molar-refractivity contribution in [1.82, 2.24) is 9.97 Å². The number of rotatable bonds is 5. The molecule has 162 valence electrons. The molecule has 1 saturated heterocycles. The summed E-state index contributed by atoms with van der Waals surface area (Å²) in [6.45, 7) is 3.14. The highest BCUT2D eigenvalue weighted by atomic mass is 19.4. The molecule has 0 unspecified atom stereocenters. The summed E-state index contributed by atoms with van der Waals surface area (Å²) in [6.07, 6.45) is -1.39. The van der Waals surface area contributed by atoms with Crippen LogP contribution in [0.4, 0.5) is 18.9 Å². The number of benzene rings is 1. The fourth-order valence-corrected chi connectivity index (χ4v) is 3.79. The highest BCUT2D eigenvalue weighted by molar-refractivity contribution is 5.68. The third-order valence-corrected chi connectivity index (χ3v) is 5.37. The van der Waals surface area contributed by atoms with Gasteiger partial charge in [-0.25, -0.2) is 4.98 Å². The number of aryl methyl sites for hydroxylation is 1. The molecular weight excluding hydrogens is 407 g/mol. The van der Waals surface area contributed by atoms with Gasteiger partial charge in [-0.2, -0.15) is 13.2 Å². The molecule has 8 heteroatoms. The Balaban J connectivity index is 1.47. The molecule has 4 rings (SSSR count). The molecule has 0 spiro atoms. The van der Waals surface area contributed by atoms with Crippen molar-refractivity contribution in [2.75, 3.05) is 18.0 Å². The number of aliphatic hydroxyl groups excluding tert-OH is 1. The summed E-state index contributed by atoms with van der Waals surface area (Å²) < 4.78 is 43.8. The number of ether oxygens (including phenoxy) is 1. The summed E-state index contributed by atoms with van der Waals surface area (Å²) in [5.41, 5.74) is 3.76. The minimum absolute atomic E-state index is 0.114. The smallest absolute Gasteiger partial charge is 0.417 e. The summed E-state index contributed by atoms with van der Waals surface area (Å²) in [5, 5.41) is 9.93. The van der Waals surface area contributed by atoms with Gasteiger partial charge in [0.1, 0.15) is 6.10 Å². The van der Waals surface area contributed by atoms with E-state index in [1.54, 1.807) is 6.20 Å². The van der Waals surface area contributed by atoms with E-state index in [9.17, 15) is 18.3 Å². The summed E-state index contributed by atoms with van der Waals surface area (Å²) in [7, 11) is 0. The average Bonchev–Trinajstić information content (AvgIpc) is 3.21. The first-order valence-electron chi connectivity index (χ1n) is 9.96. The van der Waals surface area contributed by atoms with Crippen LogP contribution >= 0.6 is 0 Å². The number of alkyl halides is 3. The van der Waals surface area contributed by atoms with Gasteiger partial charge in [0.05, 0.1) is 24.4 Å². The molecule has 1 fully saturated rings. The molecule has 1 aromatic carbocycles. The standard InChI is InChI=1S/C23H22F3N3O2/c1-15-3-2-9-27-22(15)16-4-6-20(17(11-16)14-30)29-10-8-19(13-29)31-21-7-5-18(12-28-21)23(24,25)26/h2-7,9,11-12,19,30H,8,10,13-14H2,1H3/t19-/m0/s1. The fraction of sp³-hybridized carbons (Fsp3) is 0.304. The predicted octanol–water partition coefficient (Wildman–Crippen LogP) is 4.62. The number of aliphatic hydroxyl groups is 1. The maximum absolute atomic E-state index is 12.7. The number of pyridine rings is 2. The molecular formula is C23H22F3N3O2. The summed E-state index contributed by atoms with van der Waals surface area (Å²) in [5.74, 6) is 0.170. The van der Waals surface area contributed by atoms with Crippen molar-refractivity contribution in [3.63, 3.8) is 0 Å². The third kappa shape index (κ3) is 4.64. The SMILES string of the molecule is Cc1cccnc1-c1ccc(N2CC[C@H](Oc3ccc(C(F)(F)F)cn3)C2)c(CO)c1. The van der Waals surface area contributed by atoms with E-state index in [2.05, 4.69) is 14.9 Å². The van der Waals surface area contributed by atoms with Gasteiger partial charge in [-0.15, -0.1) is 0 Å². The zero-order valence-corrected chi connectivity index (χ0v) is 16.9. The summed E-state index contributed by atoms with van der Waals surface area (Å²) >= 11 is 0. The minimum atomic E-state index is -4.42. The summed E-state index contributed by atoms with van der Waals surface area (Å²) in [4.78, 5) is 10.3. The van der Waals surface area contributed by atoms with Gasteiger partial charge in [0.2, 0.25) is 5.88 Å². The monoisotopic (exact) mass is 429 g/mol. The number of hydrogen-bond donors (Lipinski definition) is 1. The van der Waals surface area contributed by atoms with E-state index in [4.69, 9.17) is 4.74 Å². The van der Waals surface area contributed by atoms with E-state index >= 15 is 0 Å². The highest BCUT2D eigenvalue weighted by Gasteiger charge is 2.31. The molecule has 31 heavy (non-hydrogen) atoms. The van der Waals surface area contributed by atoms with Gasteiger partial charge >= 0.3 is 6.18 Å². The topological polar surface area (TPSA) is 58.5 Å². The zero-order valence-electron chi connectivity index (χ0n) is 16.9. The van der Waals surface area contributed by atoms with E-state index in [1.807, 2.05) is 37.3 Å². The Morgan fingerprint density at radius 3 is 2.68 bits per heavy atom. The number of hydrogen-bond acceptors (Lipinski definition) is 5. The fourth-order valence-electron chi connectivity index (χ4n) is 3.79. The molecule has 5 nitrogen and oxygen atoms in total. The lowest BCUT2D eigenvalue weighted by atomic mass is 10.0. The normalized spacial score (nSPS) is 16.5. The van der Waals surface area contributed by atoms with Crippen LogP contribution in [0.2, 0.25) is 0 Å². The Kier molecular flexibility index (Phi) is 5.82. The molecule has 0 saturated carbocycles. The Hall–Kier alpha value is -3.13. The van der Waals surface area contributed by atoms with Gasteiger partial charge in [-0.1, -0.05) is 12.1 Å². The van der Waals surface area contributed by atoms with Gasteiger partial charge in [0.15, 0.2) is 0 Å². The van der Waals surface area contributed by atoms with E-state index in [1.165, 1.54) is 6.07 Å². The van der Waals surface area contributed by atoms with Crippen LogP contribution in [0.1, 0.15) is 23.1 Å². The first-order valence-corrected chi connectivity index (χ1v) is 9.96. The Labute approximate surface area is 178 Å². The molecule has 0 radical (unpaired) electrons. The highest BCUT2D eigenvalue weighted by Crippen LogP contribution is 2.32. The van der Waals surface area contributed by atoms with Crippen molar-refractivity contribution in [3.05, 3.63) is 71.5 Å². The Morgan fingerprint density at radius 1 is 1.16 bits per heavy atom. The maximum Gasteiger partial charge on any atom is 0.417 e. The molecule has 0 aliphatic carbocycles. The van der Waals surface area contributed by atoms with Crippen molar-refractivity contribution in [1.29, 1.82) is 0 Å². The van der Waals surface area contributed by atoms with Crippen LogP contribution < -0.4 is 9.64 Å². The van der Waals surface area contributed by atoms with Crippen molar-refractivity contribution < 1.29 is 23.0 Å². The predicted molar refractivity (Wildman–Crippen MR) is 111 cm³/mol. The lowest BCUT2D eigenvalue weighted by Crippen LogP contribution is -2.25. The minimum Gasteiger partial charge on any atom is -0.472 e. The number of anilines is 1. The number of halogens is 3. The molecule has 0 bridgehead atoms. The van der Waals surface area contributed by atoms with Gasteiger partial charge in [0, 0.05) is 48.2 Å². The second kappa shape index (κ2) is 8.55. The van der Waals surface area contributed by atoms with E-state index < -0.39 is 11.7 Å². The van der Waals surface area contributed by atoms with Crippen molar-refractivity contribution >= 4 is 5.69 Å². The van der Waals surface area contributed by atoms with Crippen LogP contribution in [0.25, 0.3) is 11.3 Å². The van der Waals surface area contributed by atoms with Crippen LogP contribution in [-0.2, 0) is 12.8 Å². The molecule has 0 amide bonds. The quantitative estimate of drug-likeness (QED) is 0.641. The second-order valence-electron chi connectivity index (χ2n) is 7.53.